The lowest BCUT2D eigenvalue weighted by Crippen LogP contribution is -2.41. The summed E-state index contributed by atoms with van der Waals surface area (Å²) in [5.41, 5.74) is 3.04. The van der Waals surface area contributed by atoms with Crippen molar-refractivity contribution in [3.8, 4) is 0 Å². The summed E-state index contributed by atoms with van der Waals surface area (Å²) in [6.07, 6.45) is 6.14. The van der Waals surface area contributed by atoms with Gasteiger partial charge < -0.3 is 9.88 Å². The van der Waals surface area contributed by atoms with Crippen molar-refractivity contribution in [2.75, 3.05) is 0 Å². The predicted molar refractivity (Wildman–Crippen MR) is 119 cm³/mol. The van der Waals surface area contributed by atoms with E-state index < -0.39 is 5.54 Å². The monoisotopic (exact) mass is 416 g/mol. The molecule has 0 radical (unpaired) electrons. The third kappa shape index (κ3) is 3.36. The summed E-state index contributed by atoms with van der Waals surface area (Å²) in [5.74, 6) is 1.01. The Morgan fingerprint density at radius 3 is 2.48 bits per heavy atom. The van der Waals surface area contributed by atoms with E-state index in [0.29, 0.717) is 18.3 Å². The second kappa shape index (κ2) is 7.45. The Balaban J connectivity index is 1.66. The van der Waals surface area contributed by atoms with E-state index in [4.69, 9.17) is 9.98 Å². The molecule has 6 heteroatoms. The number of benzene rings is 1. The summed E-state index contributed by atoms with van der Waals surface area (Å²) in [6, 6.07) is 14.0. The minimum atomic E-state index is -0.745. The molecule has 31 heavy (non-hydrogen) atoms. The molecule has 3 heterocycles. The first-order valence-corrected chi connectivity index (χ1v) is 10.8. The number of pyridine rings is 2. The van der Waals surface area contributed by atoms with Gasteiger partial charge >= 0.3 is 0 Å². The third-order valence-corrected chi connectivity index (χ3v) is 6.37. The first-order chi connectivity index (χ1) is 15.0. The van der Waals surface area contributed by atoms with Gasteiger partial charge in [-0.1, -0.05) is 18.2 Å². The van der Waals surface area contributed by atoms with Crippen molar-refractivity contribution in [1.82, 2.24) is 14.9 Å². The summed E-state index contributed by atoms with van der Waals surface area (Å²) in [7, 11) is 0. The van der Waals surface area contributed by atoms with Crippen LogP contribution in [0.2, 0.25) is 0 Å². The molecule has 0 saturated heterocycles. The Bertz CT molecular complexity index is 1200. The first kappa shape index (κ1) is 19.7. The van der Waals surface area contributed by atoms with Crippen molar-refractivity contribution >= 4 is 5.84 Å². The number of amidine groups is 1. The topological polar surface area (TPSA) is 59.3 Å². The highest BCUT2D eigenvalue weighted by molar-refractivity contribution is 6.00. The van der Waals surface area contributed by atoms with E-state index in [1.807, 2.05) is 19.3 Å². The average Bonchev–Trinajstić information content (AvgIpc) is 3.58. The van der Waals surface area contributed by atoms with Gasteiger partial charge in [-0.25, -0.2) is 9.38 Å². The van der Waals surface area contributed by atoms with E-state index in [1.165, 1.54) is 25.0 Å². The van der Waals surface area contributed by atoms with Crippen LogP contribution >= 0.6 is 0 Å². The zero-order valence-corrected chi connectivity index (χ0v) is 17.7. The summed E-state index contributed by atoms with van der Waals surface area (Å²) in [5, 5.41) is 3.51. The highest BCUT2D eigenvalue weighted by Gasteiger charge is 2.45. The van der Waals surface area contributed by atoms with E-state index >= 15 is 0 Å². The number of halogens is 1. The molecule has 2 aromatic heterocycles. The second-order valence-corrected chi connectivity index (χ2v) is 8.39. The molecule has 158 valence electrons. The Hall–Kier alpha value is -3.28. The lowest BCUT2D eigenvalue weighted by atomic mass is 9.79. The highest BCUT2D eigenvalue weighted by Crippen LogP contribution is 2.43. The van der Waals surface area contributed by atoms with Crippen LogP contribution in [0.25, 0.3) is 0 Å². The number of hydrogen-bond donors (Lipinski definition) is 1. The van der Waals surface area contributed by atoms with E-state index in [-0.39, 0.29) is 17.4 Å². The van der Waals surface area contributed by atoms with Crippen LogP contribution in [0.3, 0.4) is 0 Å². The molecule has 2 atom stereocenters. The number of aliphatic imine (C=N–C) groups is 1. The quantitative estimate of drug-likeness (QED) is 0.685. The molecule has 0 bridgehead atoms. The van der Waals surface area contributed by atoms with Gasteiger partial charge in [0, 0.05) is 47.7 Å². The van der Waals surface area contributed by atoms with Crippen LogP contribution < -0.4 is 10.9 Å². The van der Waals surface area contributed by atoms with Crippen LogP contribution in [0.15, 0.2) is 70.7 Å². The molecular formula is C25H25FN4O. The zero-order valence-electron chi connectivity index (χ0n) is 17.7. The van der Waals surface area contributed by atoms with Gasteiger partial charge in [-0.15, -0.1) is 0 Å². The van der Waals surface area contributed by atoms with Crippen LogP contribution in [-0.2, 0) is 12.1 Å². The fraction of sp³-hybridized carbons (Fsp3) is 0.320. The Labute approximate surface area is 180 Å². The van der Waals surface area contributed by atoms with Crippen LogP contribution in [-0.4, -0.2) is 21.4 Å². The number of rotatable bonds is 5. The molecule has 0 spiro atoms. The molecule has 0 amide bonds. The normalized spacial score (nSPS) is 22.8. The van der Waals surface area contributed by atoms with E-state index in [0.717, 1.165) is 22.4 Å². The van der Waals surface area contributed by atoms with Crippen molar-refractivity contribution in [3.63, 3.8) is 0 Å². The molecule has 1 N–H and O–H groups in total. The maximum atomic E-state index is 13.7. The van der Waals surface area contributed by atoms with Gasteiger partial charge in [0.15, 0.2) is 0 Å². The van der Waals surface area contributed by atoms with Gasteiger partial charge in [-0.05, 0) is 56.5 Å². The Morgan fingerprint density at radius 1 is 1.10 bits per heavy atom. The molecule has 2 aliphatic rings. The SMILES string of the molecule is CCn1cc(C2=N[C@@](c3ccc(F)cc3)(c3ccc(C4CC4)nc3)[C@H](C)N2)ccc1=O. The van der Waals surface area contributed by atoms with Gasteiger partial charge in [-0.2, -0.15) is 0 Å². The van der Waals surface area contributed by atoms with Gasteiger partial charge in [-0.3, -0.25) is 9.78 Å². The molecular weight excluding hydrogens is 391 g/mol. The molecule has 1 aromatic carbocycles. The summed E-state index contributed by atoms with van der Waals surface area (Å²) in [6.45, 7) is 4.60. The van der Waals surface area contributed by atoms with Crippen LogP contribution in [0.4, 0.5) is 4.39 Å². The molecule has 1 aliphatic heterocycles. The molecule has 3 aromatic rings. The number of nitrogens with zero attached hydrogens (tertiary/aromatic N) is 3. The standard InChI is InChI=1S/C25H25FN4O/c1-3-30-15-18(6-13-23(30)31)24-28-16(2)25(29-24,19-7-10-21(26)11-8-19)20-9-12-22(27-14-20)17-4-5-17/h6-17H,3-5H2,1-2H3,(H,28,29)/t16-,25-/m0/s1. The predicted octanol–water partition coefficient (Wildman–Crippen LogP) is 3.96. The van der Waals surface area contributed by atoms with Crippen molar-refractivity contribution in [3.05, 3.63) is 99.5 Å². The van der Waals surface area contributed by atoms with Crippen molar-refractivity contribution in [1.29, 1.82) is 0 Å². The van der Waals surface area contributed by atoms with E-state index in [1.54, 1.807) is 28.8 Å². The van der Waals surface area contributed by atoms with Gasteiger partial charge in [0.2, 0.25) is 0 Å². The van der Waals surface area contributed by atoms with Crippen molar-refractivity contribution in [2.24, 2.45) is 4.99 Å². The summed E-state index contributed by atoms with van der Waals surface area (Å²) < 4.78 is 15.4. The number of aromatic nitrogens is 2. The van der Waals surface area contributed by atoms with Crippen molar-refractivity contribution in [2.45, 2.75) is 50.7 Å². The lowest BCUT2D eigenvalue weighted by Gasteiger charge is -2.31. The van der Waals surface area contributed by atoms with Crippen LogP contribution in [0, 0.1) is 5.82 Å². The Morgan fingerprint density at radius 2 is 1.84 bits per heavy atom. The Kier molecular flexibility index (Phi) is 4.73. The number of aryl methyl sites for hydroxylation is 1. The summed E-state index contributed by atoms with van der Waals surface area (Å²) in [4.78, 5) is 21.9. The van der Waals surface area contributed by atoms with Crippen LogP contribution in [0.5, 0.6) is 0 Å². The maximum Gasteiger partial charge on any atom is 0.250 e. The highest BCUT2D eigenvalue weighted by atomic mass is 19.1. The lowest BCUT2D eigenvalue weighted by molar-refractivity contribution is 0.451. The van der Waals surface area contributed by atoms with Gasteiger partial charge in [0.05, 0.1) is 6.04 Å². The fourth-order valence-electron chi connectivity index (χ4n) is 4.43. The summed E-state index contributed by atoms with van der Waals surface area (Å²) >= 11 is 0. The first-order valence-electron chi connectivity index (χ1n) is 10.8. The smallest absolute Gasteiger partial charge is 0.250 e. The maximum absolute atomic E-state index is 13.7. The van der Waals surface area contributed by atoms with Crippen molar-refractivity contribution < 1.29 is 4.39 Å². The molecule has 1 saturated carbocycles. The molecule has 1 aliphatic carbocycles. The molecule has 0 unspecified atom stereocenters. The van der Waals surface area contributed by atoms with E-state index in [9.17, 15) is 9.18 Å². The third-order valence-electron chi connectivity index (χ3n) is 6.37. The van der Waals surface area contributed by atoms with Gasteiger partial charge in [0.25, 0.3) is 5.56 Å². The molecule has 1 fully saturated rings. The molecule has 5 rings (SSSR count). The number of nitrogens with one attached hydrogen (secondary N) is 1. The average molecular weight is 417 g/mol. The molecule has 5 nitrogen and oxygen atoms in total. The second-order valence-electron chi connectivity index (χ2n) is 8.39. The fourth-order valence-corrected chi connectivity index (χ4v) is 4.43. The van der Waals surface area contributed by atoms with Gasteiger partial charge in [0.1, 0.15) is 17.2 Å². The zero-order chi connectivity index (χ0) is 21.6. The van der Waals surface area contributed by atoms with Crippen LogP contribution in [0.1, 0.15) is 55.0 Å². The minimum Gasteiger partial charge on any atom is -0.364 e. The number of hydrogen-bond acceptors (Lipinski definition) is 4. The minimum absolute atomic E-state index is 0.0393. The van der Waals surface area contributed by atoms with E-state index in [2.05, 4.69) is 24.4 Å². The largest absolute Gasteiger partial charge is 0.364 e.